The summed E-state index contributed by atoms with van der Waals surface area (Å²) in [6, 6.07) is 3.88. The van der Waals surface area contributed by atoms with Crippen LogP contribution in [0.25, 0.3) is 0 Å². The summed E-state index contributed by atoms with van der Waals surface area (Å²) in [6.45, 7) is 2.32. The van der Waals surface area contributed by atoms with E-state index < -0.39 is 20.7 Å². The molecule has 0 bridgehead atoms. The molecule has 0 radical (unpaired) electrons. The SMILES string of the molecule is CCOC(=O)C1CCN(S(=O)(=O)c2cccc(Cl)c2F)CC1. The van der Waals surface area contributed by atoms with E-state index >= 15 is 0 Å². The molecule has 1 aromatic carbocycles. The van der Waals surface area contributed by atoms with Gasteiger partial charge >= 0.3 is 5.97 Å². The second-order valence-corrected chi connectivity index (χ2v) is 7.30. The summed E-state index contributed by atoms with van der Waals surface area (Å²) in [5, 5.41) is -0.234. The van der Waals surface area contributed by atoms with Gasteiger partial charge in [-0.25, -0.2) is 12.8 Å². The molecule has 1 aliphatic heterocycles. The monoisotopic (exact) mass is 349 g/mol. The first-order chi connectivity index (χ1) is 10.4. The maximum atomic E-state index is 13.9. The predicted octanol–water partition coefficient (Wildman–Crippen LogP) is 2.44. The maximum Gasteiger partial charge on any atom is 0.309 e. The molecule has 0 saturated carbocycles. The number of carbonyl (C=O) groups excluding carboxylic acids is 1. The molecule has 0 unspecified atom stereocenters. The number of esters is 1. The summed E-state index contributed by atoms with van der Waals surface area (Å²) >= 11 is 5.64. The number of piperidine rings is 1. The molecule has 0 spiro atoms. The molecule has 0 aromatic heterocycles. The third-order valence-corrected chi connectivity index (χ3v) is 5.82. The third kappa shape index (κ3) is 3.42. The van der Waals surface area contributed by atoms with Gasteiger partial charge in [-0.15, -0.1) is 0 Å². The zero-order chi connectivity index (χ0) is 16.3. The van der Waals surface area contributed by atoms with Crippen LogP contribution in [0.5, 0.6) is 0 Å². The van der Waals surface area contributed by atoms with E-state index in [-0.39, 0.29) is 30.0 Å². The van der Waals surface area contributed by atoms with Gasteiger partial charge < -0.3 is 4.74 Å². The molecule has 1 aromatic rings. The van der Waals surface area contributed by atoms with Gasteiger partial charge in [0.1, 0.15) is 4.90 Å². The van der Waals surface area contributed by atoms with Crippen molar-refractivity contribution in [3.8, 4) is 0 Å². The lowest BCUT2D eigenvalue weighted by Crippen LogP contribution is -2.40. The van der Waals surface area contributed by atoms with Gasteiger partial charge in [-0.3, -0.25) is 4.79 Å². The zero-order valence-electron chi connectivity index (χ0n) is 12.1. The number of nitrogens with zero attached hydrogens (tertiary/aromatic N) is 1. The predicted molar refractivity (Wildman–Crippen MR) is 79.5 cm³/mol. The Morgan fingerprint density at radius 3 is 2.64 bits per heavy atom. The first-order valence-corrected chi connectivity index (χ1v) is 8.80. The largest absolute Gasteiger partial charge is 0.466 e. The Morgan fingerprint density at radius 1 is 1.41 bits per heavy atom. The van der Waals surface area contributed by atoms with E-state index in [9.17, 15) is 17.6 Å². The molecule has 2 rings (SSSR count). The van der Waals surface area contributed by atoms with E-state index in [0.717, 1.165) is 0 Å². The van der Waals surface area contributed by atoms with Crippen molar-refractivity contribution in [1.29, 1.82) is 0 Å². The number of ether oxygens (including phenoxy) is 1. The highest BCUT2D eigenvalue weighted by Crippen LogP contribution is 2.28. The number of sulfonamides is 1. The van der Waals surface area contributed by atoms with Crippen LogP contribution in [-0.2, 0) is 19.6 Å². The molecule has 1 heterocycles. The van der Waals surface area contributed by atoms with Gasteiger partial charge in [0.15, 0.2) is 5.82 Å². The average molecular weight is 350 g/mol. The van der Waals surface area contributed by atoms with Gasteiger partial charge in [0, 0.05) is 13.1 Å². The van der Waals surface area contributed by atoms with E-state index in [4.69, 9.17) is 16.3 Å². The standard InChI is InChI=1S/C14H17ClFNO4S/c1-2-21-14(18)10-6-8-17(9-7-10)22(19,20)12-5-3-4-11(15)13(12)16/h3-5,10H,2,6-9H2,1H3. The summed E-state index contributed by atoms with van der Waals surface area (Å²) in [5.74, 6) is -1.57. The number of halogens is 2. The summed E-state index contributed by atoms with van der Waals surface area (Å²) in [6.07, 6.45) is 0.723. The number of hydrogen-bond acceptors (Lipinski definition) is 4. The van der Waals surface area contributed by atoms with Crippen molar-refractivity contribution in [2.45, 2.75) is 24.7 Å². The molecule has 0 N–H and O–H groups in total. The Kier molecular flexibility index (Phi) is 5.41. The Bertz CT molecular complexity index is 657. The minimum Gasteiger partial charge on any atom is -0.466 e. The summed E-state index contributed by atoms with van der Waals surface area (Å²) in [5.41, 5.74) is 0. The Morgan fingerprint density at radius 2 is 2.05 bits per heavy atom. The Hall–Kier alpha value is -1.18. The van der Waals surface area contributed by atoms with Gasteiger partial charge in [0.05, 0.1) is 17.5 Å². The van der Waals surface area contributed by atoms with Crippen LogP contribution in [-0.4, -0.2) is 38.4 Å². The first-order valence-electron chi connectivity index (χ1n) is 6.98. The Balaban J connectivity index is 2.13. The minimum absolute atomic E-state index is 0.151. The lowest BCUT2D eigenvalue weighted by atomic mass is 9.98. The number of rotatable bonds is 4. The molecule has 22 heavy (non-hydrogen) atoms. The van der Waals surface area contributed by atoms with Crippen molar-refractivity contribution in [2.24, 2.45) is 5.92 Å². The second-order valence-electron chi connectivity index (χ2n) is 4.98. The number of hydrogen-bond donors (Lipinski definition) is 0. The average Bonchev–Trinajstić information content (AvgIpc) is 2.50. The first kappa shape index (κ1) is 17.2. The van der Waals surface area contributed by atoms with Crippen LogP contribution in [0.1, 0.15) is 19.8 Å². The summed E-state index contributed by atoms with van der Waals surface area (Å²) < 4.78 is 45.0. The molecule has 0 aliphatic carbocycles. The lowest BCUT2D eigenvalue weighted by Gasteiger charge is -2.30. The van der Waals surface area contributed by atoms with Gasteiger partial charge in [-0.2, -0.15) is 4.31 Å². The normalized spacial score (nSPS) is 17.4. The van der Waals surface area contributed by atoms with Gasteiger partial charge in [-0.1, -0.05) is 17.7 Å². The van der Waals surface area contributed by atoms with E-state index in [1.165, 1.54) is 22.5 Å². The van der Waals surface area contributed by atoms with Crippen LogP contribution in [0, 0.1) is 11.7 Å². The molecule has 0 amide bonds. The fourth-order valence-electron chi connectivity index (χ4n) is 2.41. The molecule has 0 atom stereocenters. The molecule has 8 heteroatoms. The van der Waals surface area contributed by atoms with Crippen LogP contribution in [0.4, 0.5) is 4.39 Å². The minimum atomic E-state index is -3.95. The van der Waals surface area contributed by atoms with Crippen molar-refractivity contribution in [3.05, 3.63) is 29.0 Å². The van der Waals surface area contributed by atoms with Crippen molar-refractivity contribution in [3.63, 3.8) is 0 Å². The van der Waals surface area contributed by atoms with E-state index in [0.29, 0.717) is 19.4 Å². The smallest absolute Gasteiger partial charge is 0.309 e. The molecule has 122 valence electrons. The summed E-state index contributed by atoms with van der Waals surface area (Å²) in [4.78, 5) is 11.2. The zero-order valence-corrected chi connectivity index (χ0v) is 13.7. The van der Waals surface area contributed by atoms with E-state index in [1.54, 1.807) is 6.92 Å². The quantitative estimate of drug-likeness (QED) is 0.783. The highest BCUT2D eigenvalue weighted by molar-refractivity contribution is 7.89. The van der Waals surface area contributed by atoms with Crippen molar-refractivity contribution in [2.75, 3.05) is 19.7 Å². The van der Waals surface area contributed by atoms with Crippen molar-refractivity contribution < 1.29 is 22.3 Å². The number of carbonyl (C=O) groups is 1. The van der Waals surface area contributed by atoms with Gasteiger partial charge in [0.2, 0.25) is 10.0 Å². The molecular formula is C14H17ClFNO4S. The fourth-order valence-corrected chi connectivity index (χ4v) is 4.20. The van der Waals surface area contributed by atoms with Crippen LogP contribution < -0.4 is 0 Å². The van der Waals surface area contributed by atoms with Crippen LogP contribution in [0.15, 0.2) is 23.1 Å². The van der Waals surface area contributed by atoms with Crippen LogP contribution in [0.3, 0.4) is 0 Å². The van der Waals surface area contributed by atoms with Crippen molar-refractivity contribution >= 4 is 27.6 Å². The number of benzene rings is 1. The molecule has 5 nitrogen and oxygen atoms in total. The molecular weight excluding hydrogens is 333 g/mol. The second kappa shape index (κ2) is 6.93. The summed E-state index contributed by atoms with van der Waals surface area (Å²) in [7, 11) is -3.95. The molecule has 1 fully saturated rings. The highest BCUT2D eigenvalue weighted by atomic mass is 35.5. The topological polar surface area (TPSA) is 63.7 Å². The fraction of sp³-hybridized carbons (Fsp3) is 0.500. The van der Waals surface area contributed by atoms with Crippen LogP contribution in [0.2, 0.25) is 5.02 Å². The van der Waals surface area contributed by atoms with Crippen LogP contribution >= 0.6 is 11.6 Å². The third-order valence-electron chi connectivity index (χ3n) is 3.61. The van der Waals surface area contributed by atoms with Gasteiger partial charge in [0.25, 0.3) is 0 Å². The van der Waals surface area contributed by atoms with E-state index in [1.807, 2.05) is 0 Å². The lowest BCUT2D eigenvalue weighted by molar-refractivity contribution is -0.149. The van der Waals surface area contributed by atoms with E-state index in [2.05, 4.69) is 0 Å². The van der Waals surface area contributed by atoms with Crippen molar-refractivity contribution in [1.82, 2.24) is 4.31 Å². The highest BCUT2D eigenvalue weighted by Gasteiger charge is 2.34. The molecule has 1 saturated heterocycles. The Labute approximate surface area is 134 Å². The van der Waals surface area contributed by atoms with Gasteiger partial charge in [-0.05, 0) is 31.9 Å². The maximum absolute atomic E-state index is 13.9. The molecule has 1 aliphatic rings.